The van der Waals surface area contributed by atoms with E-state index >= 15 is 0 Å². The molecule has 0 fully saturated rings. The summed E-state index contributed by atoms with van der Waals surface area (Å²) in [6.45, 7) is 1.84. The van der Waals surface area contributed by atoms with E-state index in [1.54, 1.807) is 0 Å². The Balaban J connectivity index is 3.40. The first-order chi connectivity index (χ1) is 3.92. The molecule has 3 N–H and O–H groups in total. The van der Waals surface area contributed by atoms with E-state index in [9.17, 15) is 3.74 Å². The van der Waals surface area contributed by atoms with Gasteiger partial charge in [-0.15, -0.1) is 0 Å². The average Bonchev–Trinajstić information content (AvgIpc) is 1.59. The van der Waals surface area contributed by atoms with E-state index in [0.29, 0.717) is 11.6 Å². The Kier molecular flexibility index (Phi) is 3.55. The molecule has 0 aliphatic rings. The van der Waals surface area contributed by atoms with Crippen LogP contribution in [0.5, 0.6) is 0 Å². The Hall–Kier alpha value is 0.278. The zero-order valence-electron chi connectivity index (χ0n) is 5.87. The van der Waals surface area contributed by atoms with E-state index in [0.717, 1.165) is 0 Å². The van der Waals surface area contributed by atoms with Crippen LogP contribution in [0.25, 0.3) is 0 Å². The second kappa shape index (κ2) is 3.45. The Morgan fingerprint density at radius 1 is 1.78 bits per heavy atom. The zero-order valence-corrected chi connectivity index (χ0v) is 7.75. The van der Waals surface area contributed by atoms with Crippen molar-refractivity contribution in [1.29, 1.82) is 0 Å². The molecule has 0 aromatic rings. The van der Waals surface area contributed by atoms with Crippen molar-refractivity contribution >= 4 is 13.8 Å². The SMILES string of the molecule is CC(N)CC[As](C)(=O)O. The molecule has 0 aliphatic heterocycles. The molecule has 0 aromatic heterocycles. The van der Waals surface area contributed by atoms with E-state index in [-0.39, 0.29) is 6.04 Å². The first-order valence-electron chi connectivity index (χ1n) is 2.96. The summed E-state index contributed by atoms with van der Waals surface area (Å²) in [6, 6.07) is 0.0480. The molecule has 0 heterocycles. The zero-order chi connectivity index (χ0) is 7.49. The fourth-order valence-corrected chi connectivity index (χ4v) is 2.30. The molecule has 0 amide bonds. The van der Waals surface area contributed by atoms with Crippen LogP contribution in [-0.4, -0.2) is 24.0 Å². The van der Waals surface area contributed by atoms with Gasteiger partial charge in [-0.1, -0.05) is 0 Å². The van der Waals surface area contributed by atoms with E-state index in [1.165, 1.54) is 5.71 Å². The maximum absolute atomic E-state index is 10.7. The van der Waals surface area contributed by atoms with Crippen LogP contribution in [0.3, 0.4) is 0 Å². The van der Waals surface area contributed by atoms with Gasteiger partial charge in [0.2, 0.25) is 0 Å². The van der Waals surface area contributed by atoms with Crippen molar-refractivity contribution in [3.63, 3.8) is 0 Å². The minimum atomic E-state index is -3.35. The monoisotopic (exact) mass is 195 g/mol. The molecule has 0 aromatic carbocycles. The van der Waals surface area contributed by atoms with Gasteiger partial charge in [-0.3, -0.25) is 0 Å². The Morgan fingerprint density at radius 3 is 2.33 bits per heavy atom. The van der Waals surface area contributed by atoms with Crippen molar-refractivity contribution in [1.82, 2.24) is 0 Å². The Morgan fingerprint density at radius 2 is 2.22 bits per heavy atom. The predicted molar refractivity (Wildman–Crippen MR) is 37.6 cm³/mol. The predicted octanol–water partition coefficient (Wildman–Crippen LogP) is 0.219. The molecule has 56 valence electrons. The van der Waals surface area contributed by atoms with Gasteiger partial charge in [-0.2, -0.15) is 0 Å². The van der Waals surface area contributed by atoms with Gasteiger partial charge < -0.3 is 0 Å². The van der Waals surface area contributed by atoms with E-state index in [2.05, 4.69) is 0 Å². The van der Waals surface area contributed by atoms with Gasteiger partial charge in [-0.25, -0.2) is 0 Å². The van der Waals surface area contributed by atoms with Gasteiger partial charge in [0.1, 0.15) is 0 Å². The first-order valence-corrected chi connectivity index (χ1v) is 7.77. The van der Waals surface area contributed by atoms with Crippen LogP contribution >= 0.6 is 0 Å². The molecule has 0 rings (SSSR count). The van der Waals surface area contributed by atoms with Gasteiger partial charge in [0.15, 0.2) is 0 Å². The molecule has 4 heteroatoms. The molecular formula is C5H14AsNO2. The normalized spacial score (nSPS) is 20.9. The molecule has 0 spiro atoms. The maximum atomic E-state index is 10.7. The van der Waals surface area contributed by atoms with E-state index < -0.39 is 13.8 Å². The van der Waals surface area contributed by atoms with Crippen LogP contribution in [0.15, 0.2) is 0 Å². The minimum absolute atomic E-state index is 0.0480. The van der Waals surface area contributed by atoms with Gasteiger partial charge in [0.05, 0.1) is 0 Å². The number of hydrogen-bond acceptors (Lipinski definition) is 2. The molecule has 0 saturated heterocycles. The average molecular weight is 195 g/mol. The third kappa shape index (κ3) is 8.28. The fourth-order valence-electron chi connectivity index (χ4n) is 0.443. The first kappa shape index (κ1) is 9.28. The van der Waals surface area contributed by atoms with Crippen LogP contribution in [0, 0.1) is 0 Å². The summed E-state index contributed by atoms with van der Waals surface area (Å²) in [5.41, 5.74) is 6.79. The van der Waals surface area contributed by atoms with Crippen LogP contribution in [-0.2, 0) is 3.74 Å². The molecule has 9 heavy (non-hydrogen) atoms. The van der Waals surface area contributed by atoms with Gasteiger partial charge >= 0.3 is 57.7 Å². The molecular weight excluding hydrogens is 181 g/mol. The summed E-state index contributed by atoms with van der Waals surface area (Å²) < 4.78 is 19.5. The summed E-state index contributed by atoms with van der Waals surface area (Å²) in [5.74, 6) is 0. The molecule has 0 aliphatic carbocycles. The van der Waals surface area contributed by atoms with E-state index in [1.807, 2.05) is 6.92 Å². The van der Waals surface area contributed by atoms with Gasteiger partial charge in [-0.05, 0) is 0 Å². The third-order valence-corrected chi connectivity index (χ3v) is 3.28. The second-order valence-corrected chi connectivity index (χ2v) is 7.89. The van der Waals surface area contributed by atoms with Crippen molar-refractivity contribution < 1.29 is 7.84 Å². The Labute approximate surface area is 58.3 Å². The van der Waals surface area contributed by atoms with Crippen LogP contribution in [0.4, 0.5) is 0 Å². The molecule has 2 atom stereocenters. The van der Waals surface area contributed by atoms with Crippen LogP contribution in [0.1, 0.15) is 13.3 Å². The van der Waals surface area contributed by atoms with Crippen molar-refractivity contribution in [2.75, 3.05) is 0 Å². The number of rotatable bonds is 3. The van der Waals surface area contributed by atoms with Gasteiger partial charge in [0.25, 0.3) is 0 Å². The topological polar surface area (TPSA) is 63.3 Å². The van der Waals surface area contributed by atoms with Crippen molar-refractivity contribution in [3.8, 4) is 0 Å². The van der Waals surface area contributed by atoms with Gasteiger partial charge in [0, 0.05) is 0 Å². The Bertz CT molecular complexity index is 118. The fraction of sp³-hybridized carbons (Fsp3) is 1.00. The molecule has 0 saturated carbocycles. The number of nitrogens with two attached hydrogens (primary N) is 1. The number of hydrogen-bond donors (Lipinski definition) is 2. The van der Waals surface area contributed by atoms with Crippen LogP contribution < -0.4 is 5.73 Å². The molecule has 0 radical (unpaired) electrons. The molecule has 0 bridgehead atoms. The summed E-state index contributed by atoms with van der Waals surface area (Å²) in [4.78, 5) is 0. The molecule has 3 nitrogen and oxygen atoms in total. The third-order valence-electron chi connectivity index (χ3n) is 0.999. The second-order valence-electron chi connectivity index (χ2n) is 2.54. The summed E-state index contributed by atoms with van der Waals surface area (Å²) in [6.07, 6.45) is 0.656. The quantitative estimate of drug-likeness (QED) is 0.633. The van der Waals surface area contributed by atoms with E-state index in [4.69, 9.17) is 9.83 Å². The van der Waals surface area contributed by atoms with Crippen molar-refractivity contribution in [2.24, 2.45) is 5.73 Å². The molecule has 2 unspecified atom stereocenters. The van der Waals surface area contributed by atoms with Crippen molar-refractivity contribution in [3.05, 3.63) is 0 Å². The standard InChI is InChI=1S/C5H14AsNO2/c1-5(7)3-4-6(2,8)9/h5H,3-4,7H2,1-2H3,(H,8,9). The summed E-state index contributed by atoms with van der Waals surface area (Å²) in [5, 5.41) is 0.399. The summed E-state index contributed by atoms with van der Waals surface area (Å²) in [7, 11) is 0. The van der Waals surface area contributed by atoms with Crippen molar-refractivity contribution in [2.45, 2.75) is 30.3 Å². The summed E-state index contributed by atoms with van der Waals surface area (Å²) >= 11 is -3.35. The van der Waals surface area contributed by atoms with Crippen LogP contribution in [0.2, 0.25) is 10.9 Å².